The minimum Gasteiger partial charge on any atom is -0.423 e. The molecule has 4 nitrogen and oxygen atoms in total. The number of benzene rings is 4. The molecule has 0 N–H and O–H groups in total. The van der Waals surface area contributed by atoms with E-state index in [4.69, 9.17) is 4.74 Å². The average molecular weight is 458 g/mol. The number of aliphatic imine (C=N–C) groups is 1. The third-order valence-corrected chi connectivity index (χ3v) is 5.05. The van der Waals surface area contributed by atoms with Crippen LogP contribution in [0.25, 0.3) is 12.2 Å². The van der Waals surface area contributed by atoms with E-state index in [1.165, 1.54) is 6.08 Å². The Morgan fingerprint density at radius 3 is 1.77 bits per heavy atom. The maximum Gasteiger partial charge on any atom is 0.336 e. The van der Waals surface area contributed by atoms with Crippen molar-refractivity contribution < 1.29 is 14.3 Å². The zero-order valence-electron chi connectivity index (χ0n) is 19.0. The van der Waals surface area contributed by atoms with Gasteiger partial charge in [0.15, 0.2) is 5.78 Å². The lowest BCUT2D eigenvalue weighted by molar-refractivity contribution is -0.128. The fourth-order valence-electron chi connectivity index (χ4n) is 3.19. The molecule has 0 radical (unpaired) electrons. The van der Waals surface area contributed by atoms with Gasteiger partial charge in [0.25, 0.3) is 0 Å². The lowest BCUT2D eigenvalue weighted by atomic mass is 10.1. The van der Waals surface area contributed by atoms with Gasteiger partial charge in [-0.3, -0.25) is 9.79 Å². The van der Waals surface area contributed by atoms with Crippen molar-refractivity contribution in [3.8, 4) is 5.75 Å². The Morgan fingerprint density at radius 2 is 1.17 bits per heavy atom. The molecule has 4 heteroatoms. The molecule has 4 aromatic rings. The van der Waals surface area contributed by atoms with Crippen molar-refractivity contribution in [3.63, 3.8) is 0 Å². The van der Waals surface area contributed by atoms with Crippen LogP contribution in [0.15, 0.2) is 126 Å². The van der Waals surface area contributed by atoms with E-state index < -0.39 is 5.97 Å². The van der Waals surface area contributed by atoms with Crippen molar-refractivity contribution in [2.45, 2.75) is 0 Å². The Kier molecular flexibility index (Phi) is 7.91. The summed E-state index contributed by atoms with van der Waals surface area (Å²) >= 11 is 0. The smallest absolute Gasteiger partial charge is 0.336 e. The van der Waals surface area contributed by atoms with Crippen LogP contribution in [0.3, 0.4) is 0 Å². The summed E-state index contributed by atoms with van der Waals surface area (Å²) in [5.74, 6) is -0.0482. The first kappa shape index (κ1) is 23.3. The standard InChI is InChI=1S/C31H23NO3/c33-30(21-13-24-7-3-1-4-8-24)27-15-17-28(18-16-27)32-23-26-11-19-29(20-12-26)35-31(34)22-14-25-9-5-2-6-10-25/h1-23H/b21-13+,22-14+,32-23?. The second kappa shape index (κ2) is 11.9. The predicted octanol–water partition coefficient (Wildman–Crippen LogP) is 6.95. The van der Waals surface area contributed by atoms with E-state index in [0.717, 1.165) is 22.4 Å². The number of ketones is 1. The predicted molar refractivity (Wildman–Crippen MR) is 141 cm³/mol. The van der Waals surface area contributed by atoms with Crippen molar-refractivity contribution in [1.82, 2.24) is 0 Å². The molecule has 0 aliphatic carbocycles. The number of hydrogen-bond acceptors (Lipinski definition) is 4. The summed E-state index contributed by atoms with van der Waals surface area (Å²) in [5, 5.41) is 0. The monoisotopic (exact) mass is 457 g/mol. The zero-order chi connectivity index (χ0) is 24.3. The molecule has 35 heavy (non-hydrogen) atoms. The van der Waals surface area contributed by atoms with Gasteiger partial charge in [-0.15, -0.1) is 0 Å². The van der Waals surface area contributed by atoms with E-state index in [0.29, 0.717) is 11.3 Å². The first-order valence-electron chi connectivity index (χ1n) is 11.1. The topological polar surface area (TPSA) is 55.7 Å². The van der Waals surface area contributed by atoms with Crippen LogP contribution in [0.5, 0.6) is 5.75 Å². The summed E-state index contributed by atoms with van der Waals surface area (Å²) in [7, 11) is 0. The van der Waals surface area contributed by atoms with E-state index in [1.807, 2.05) is 72.8 Å². The second-order valence-electron chi connectivity index (χ2n) is 7.65. The van der Waals surface area contributed by atoms with Crippen LogP contribution in [-0.2, 0) is 4.79 Å². The molecule has 0 spiro atoms. The Hall–Kier alpha value is -4.83. The van der Waals surface area contributed by atoms with Crippen LogP contribution in [0.4, 0.5) is 5.69 Å². The Labute approximate surface area is 204 Å². The fourth-order valence-corrected chi connectivity index (χ4v) is 3.19. The second-order valence-corrected chi connectivity index (χ2v) is 7.65. The molecule has 0 unspecified atom stereocenters. The lowest BCUT2D eigenvalue weighted by Gasteiger charge is -2.02. The van der Waals surface area contributed by atoms with Gasteiger partial charge in [0.2, 0.25) is 0 Å². The summed E-state index contributed by atoms with van der Waals surface area (Å²) in [6.07, 6.45) is 8.19. The first-order chi connectivity index (χ1) is 17.2. The number of rotatable bonds is 8. The maximum absolute atomic E-state index is 12.4. The summed E-state index contributed by atoms with van der Waals surface area (Å²) < 4.78 is 5.33. The molecule has 0 heterocycles. The molecule has 0 fully saturated rings. The third kappa shape index (κ3) is 7.34. The Morgan fingerprint density at radius 1 is 0.600 bits per heavy atom. The number of esters is 1. The van der Waals surface area contributed by atoms with Gasteiger partial charge in [-0.25, -0.2) is 4.79 Å². The fraction of sp³-hybridized carbons (Fsp3) is 0. The van der Waals surface area contributed by atoms with Gasteiger partial charge >= 0.3 is 5.97 Å². The van der Waals surface area contributed by atoms with E-state index in [2.05, 4.69) is 4.99 Å². The number of nitrogens with zero attached hydrogens (tertiary/aromatic N) is 1. The number of carbonyl (C=O) groups is 2. The van der Waals surface area contributed by atoms with Gasteiger partial charge in [0.05, 0.1) is 5.69 Å². The van der Waals surface area contributed by atoms with Crippen molar-refractivity contribution in [2.24, 2.45) is 4.99 Å². The van der Waals surface area contributed by atoms with E-state index in [1.54, 1.807) is 60.8 Å². The zero-order valence-corrected chi connectivity index (χ0v) is 19.0. The summed E-state index contributed by atoms with van der Waals surface area (Å²) in [5.41, 5.74) is 4.10. The molecule has 0 atom stereocenters. The number of hydrogen-bond donors (Lipinski definition) is 0. The van der Waals surface area contributed by atoms with E-state index in [-0.39, 0.29) is 5.78 Å². The quantitative estimate of drug-likeness (QED) is 0.0945. The highest BCUT2D eigenvalue weighted by atomic mass is 16.5. The summed E-state index contributed by atoms with van der Waals surface area (Å²) in [6, 6.07) is 33.4. The molecular weight excluding hydrogens is 434 g/mol. The SMILES string of the molecule is O=C(/C=C/c1ccccc1)Oc1ccc(C=Nc2ccc(C(=O)/C=C/c3ccccc3)cc2)cc1. The van der Waals surface area contributed by atoms with E-state index >= 15 is 0 Å². The van der Waals surface area contributed by atoms with Crippen LogP contribution < -0.4 is 4.74 Å². The molecule has 170 valence electrons. The van der Waals surface area contributed by atoms with Crippen LogP contribution in [-0.4, -0.2) is 18.0 Å². The van der Waals surface area contributed by atoms with E-state index in [9.17, 15) is 9.59 Å². The first-order valence-corrected chi connectivity index (χ1v) is 11.1. The molecule has 0 bridgehead atoms. The Balaban J connectivity index is 1.31. The molecule has 0 amide bonds. The minimum atomic E-state index is -0.441. The highest BCUT2D eigenvalue weighted by molar-refractivity contribution is 6.07. The molecule has 0 aliphatic heterocycles. The molecule has 0 saturated carbocycles. The van der Waals surface area contributed by atoms with Crippen LogP contribution in [0, 0.1) is 0 Å². The van der Waals surface area contributed by atoms with Gasteiger partial charge in [-0.1, -0.05) is 66.7 Å². The van der Waals surface area contributed by atoms with Crippen molar-refractivity contribution in [1.29, 1.82) is 0 Å². The number of ether oxygens (including phenoxy) is 1. The average Bonchev–Trinajstić information content (AvgIpc) is 2.91. The van der Waals surface area contributed by atoms with Gasteiger partial charge in [-0.2, -0.15) is 0 Å². The van der Waals surface area contributed by atoms with Gasteiger partial charge in [0, 0.05) is 17.9 Å². The highest BCUT2D eigenvalue weighted by Gasteiger charge is 2.02. The summed E-state index contributed by atoms with van der Waals surface area (Å²) in [4.78, 5) is 28.8. The molecule has 0 aromatic heterocycles. The van der Waals surface area contributed by atoms with Crippen molar-refractivity contribution in [2.75, 3.05) is 0 Å². The molecule has 4 aromatic carbocycles. The van der Waals surface area contributed by atoms with Crippen molar-refractivity contribution >= 4 is 35.8 Å². The highest BCUT2D eigenvalue weighted by Crippen LogP contribution is 2.16. The molecular formula is C31H23NO3. The lowest BCUT2D eigenvalue weighted by Crippen LogP contribution is -2.03. The number of allylic oxidation sites excluding steroid dienone is 1. The minimum absolute atomic E-state index is 0.0619. The molecule has 0 saturated heterocycles. The third-order valence-electron chi connectivity index (χ3n) is 5.05. The van der Waals surface area contributed by atoms with Crippen LogP contribution in [0.1, 0.15) is 27.0 Å². The van der Waals surface area contributed by atoms with Crippen LogP contribution in [0.2, 0.25) is 0 Å². The van der Waals surface area contributed by atoms with Crippen LogP contribution >= 0.6 is 0 Å². The normalized spacial score (nSPS) is 11.3. The van der Waals surface area contributed by atoms with Gasteiger partial charge in [-0.05, 0) is 77.4 Å². The number of carbonyl (C=O) groups excluding carboxylic acids is 2. The largest absolute Gasteiger partial charge is 0.423 e. The Bertz CT molecular complexity index is 1350. The van der Waals surface area contributed by atoms with Gasteiger partial charge < -0.3 is 4.74 Å². The van der Waals surface area contributed by atoms with Crippen molar-refractivity contribution in [3.05, 3.63) is 144 Å². The maximum atomic E-state index is 12.4. The molecule has 4 rings (SSSR count). The van der Waals surface area contributed by atoms with Gasteiger partial charge in [0.1, 0.15) is 5.75 Å². The molecule has 0 aliphatic rings. The summed E-state index contributed by atoms with van der Waals surface area (Å²) in [6.45, 7) is 0.